The van der Waals surface area contributed by atoms with Crippen molar-refractivity contribution in [3.8, 4) is 0 Å². The van der Waals surface area contributed by atoms with Crippen molar-refractivity contribution in [1.82, 2.24) is 10.2 Å². The summed E-state index contributed by atoms with van der Waals surface area (Å²) in [6, 6.07) is 4.80. The first-order chi connectivity index (χ1) is 9.31. The van der Waals surface area contributed by atoms with Gasteiger partial charge in [0.25, 0.3) is 0 Å². The van der Waals surface area contributed by atoms with Crippen LogP contribution in [0.2, 0.25) is 0 Å². The topological polar surface area (TPSA) is 37.6 Å². The third-order valence-electron chi connectivity index (χ3n) is 4.28. The minimum absolute atomic E-state index is 0.282. The highest BCUT2D eigenvalue weighted by Crippen LogP contribution is 2.35. The Morgan fingerprint density at radius 1 is 1.47 bits per heavy atom. The Balaban J connectivity index is 1.66. The maximum absolute atomic E-state index is 5.66. The van der Waals surface area contributed by atoms with Crippen molar-refractivity contribution < 1.29 is 9.15 Å². The standard InChI is InChI=1S/C15H24N2O2/c1-16-10-15(6-8-18-12-15)11-17(13-4-5-13)9-14-3-2-7-19-14/h2-3,7,13,16H,4-6,8-12H2,1H3. The maximum Gasteiger partial charge on any atom is 0.117 e. The summed E-state index contributed by atoms with van der Waals surface area (Å²) in [5.74, 6) is 1.07. The summed E-state index contributed by atoms with van der Waals surface area (Å²) in [6.07, 6.45) is 5.59. The van der Waals surface area contributed by atoms with Crippen LogP contribution < -0.4 is 5.32 Å². The van der Waals surface area contributed by atoms with E-state index in [0.29, 0.717) is 0 Å². The molecule has 1 atom stereocenters. The minimum atomic E-state index is 0.282. The van der Waals surface area contributed by atoms with Crippen molar-refractivity contribution in [2.45, 2.75) is 31.8 Å². The van der Waals surface area contributed by atoms with Gasteiger partial charge in [0.1, 0.15) is 5.76 Å². The summed E-state index contributed by atoms with van der Waals surface area (Å²) in [5.41, 5.74) is 0.282. The van der Waals surface area contributed by atoms with Gasteiger partial charge in [-0.15, -0.1) is 0 Å². The second-order valence-corrected chi connectivity index (χ2v) is 6.05. The van der Waals surface area contributed by atoms with E-state index in [0.717, 1.165) is 51.1 Å². The fraction of sp³-hybridized carbons (Fsp3) is 0.733. The molecule has 19 heavy (non-hydrogen) atoms. The van der Waals surface area contributed by atoms with E-state index in [1.807, 2.05) is 13.1 Å². The Hall–Kier alpha value is -0.840. The normalized spacial score (nSPS) is 27.3. The summed E-state index contributed by atoms with van der Waals surface area (Å²) in [6.45, 7) is 4.87. The van der Waals surface area contributed by atoms with Crippen LogP contribution >= 0.6 is 0 Å². The molecule has 1 aromatic heterocycles. The average Bonchev–Trinajstić information content (AvgIpc) is 2.94. The third-order valence-corrected chi connectivity index (χ3v) is 4.28. The summed E-state index contributed by atoms with van der Waals surface area (Å²) in [7, 11) is 2.04. The zero-order valence-electron chi connectivity index (χ0n) is 11.7. The Bertz CT molecular complexity index is 381. The van der Waals surface area contributed by atoms with Crippen LogP contribution in [0, 0.1) is 5.41 Å². The van der Waals surface area contributed by atoms with E-state index in [4.69, 9.17) is 9.15 Å². The monoisotopic (exact) mass is 264 g/mol. The molecule has 0 bridgehead atoms. The van der Waals surface area contributed by atoms with Gasteiger partial charge in [-0.2, -0.15) is 0 Å². The van der Waals surface area contributed by atoms with Crippen molar-refractivity contribution in [2.75, 3.05) is 33.4 Å². The van der Waals surface area contributed by atoms with Gasteiger partial charge >= 0.3 is 0 Å². The number of ether oxygens (including phenoxy) is 1. The van der Waals surface area contributed by atoms with E-state index in [-0.39, 0.29) is 5.41 Å². The first-order valence-corrected chi connectivity index (χ1v) is 7.30. The Morgan fingerprint density at radius 2 is 2.37 bits per heavy atom. The molecule has 1 saturated carbocycles. The smallest absolute Gasteiger partial charge is 0.117 e. The van der Waals surface area contributed by atoms with Crippen molar-refractivity contribution in [2.24, 2.45) is 5.41 Å². The van der Waals surface area contributed by atoms with E-state index >= 15 is 0 Å². The lowest BCUT2D eigenvalue weighted by atomic mass is 9.86. The predicted molar refractivity (Wildman–Crippen MR) is 73.9 cm³/mol. The van der Waals surface area contributed by atoms with E-state index in [9.17, 15) is 0 Å². The largest absolute Gasteiger partial charge is 0.468 e. The molecule has 0 radical (unpaired) electrons. The van der Waals surface area contributed by atoms with Gasteiger partial charge in [-0.25, -0.2) is 0 Å². The van der Waals surface area contributed by atoms with E-state index in [1.165, 1.54) is 12.8 Å². The zero-order chi connectivity index (χ0) is 13.1. The van der Waals surface area contributed by atoms with Gasteiger partial charge in [0.05, 0.1) is 19.4 Å². The van der Waals surface area contributed by atoms with Crippen LogP contribution in [0.3, 0.4) is 0 Å². The Morgan fingerprint density at radius 3 is 2.95 bits per heavy atom. The lowest BCUT2D eigenvalue weighted by molar-refractivity contribution is 0.0981. The molecule has 106 valence electrons. The average molecular weight is 264 g/mol. The third kappa shape index (κ3) is 3.19. The number of hydrogen-bond acceptors (Lipinski definition) is 4. The lowest BCUT2D eigenvalue weighted by Crippen LogP contribution is -2.44. The fourth-order valence-electron chi connectivity index (χ4n) is 3.13. The van der Waals surface area contributed by atoms with E-state index in [2.05, 4.69) is 16.3 Å². The predicted octanol–water partition coefficient (Wildman–Crippen LogP) is 1.87. The molecule has 4 nitrogen and oxygen atoms in total. The van der Waals surface area contributed by atoms with Crippen LogP contribution in [0.5, 0.6) is 0 Å². The number of nitrogens with one attached hydrogen (secondary N) is 1. The molecule has 1 N–H and O–H groups in total. The first-order valence-electron chi connectivity index (χ1n) is 7.30. The van der Waals surface area contributed by atoms with Crippen molar-refractivity contribution in [3.05, 3.63) is 24.2 Å². The van der Waals surface area contributed by atoms with Gasteiger partial charge in [-0.3, -0.25) is 4.90 Å². The molecule has 1 aliphatic carbocycles. The van der Waals surface area contributed by atoms with Gasteiger partial charge in [-0.05, 0) is 38.4 Å². The van der Waals surface area contributed by atoms with Crippen molar-refractivity contribution >= 4 is 0 Å². The molecule has 0 amide bonds. The van der Waals surface area contributed by atoms with E-state index in [1.54, 1.807) is 6.26 Å². The van der Waals surface area contributed by atoms with Crippen molar-refractivity contribution in [1.29, 1.82) is 0 Å². The summed E-state index contributed by atoms with van der Waals surface area (Å²) in [5, 5.41) is 3.34. The fourth-order valence-corrected chi connectivity index (χ4v) is 3.13. The SMILES string of the molecule is CNCC1(CN(Cc2ccco2)C2CC2)CCOC1. The number of furan rings is 1. The van der Waals surface area contributed by atoms with Crippen LogP contribution in [-0.2, 0) is 11.3 Å². The lowest BCUT2D eigenvalue weighted by Gasteiger charge is -2.34. The number of rotatable bonds is 7. The molecule has 0 spiro atoms. The van der Waals surface area contributed by atoms with Crippen LogP contribution in [-0.4, -0.2) is 44.3 Å². The molecule has 1 aromatic rings. The first kappa shape index (κ1) is 13.2. The molecule has 2 fully saturated rings. The molecule has 2 aliphatic rings. The maximum atomic E-state index is 5.66. The summed E-state index contributed by atoms with van der Waals surface area (Å²) in [4.78, 5) is 2.59. The van der Waals surface area contributed by atoms with Crippen LogP contribution in [0.1, 0.15) is 25.0 Å². The molecule has 4 heteroatoms. The highest BCUT2D eigenvalue weighted by Gasteiger charge is 2.40. The number of nitrogens with zero attached hydrogens (tertiary/aromatic N) is 1. The summed E-state index contributed by atoms with van der Waals surface area (Å²) >= 11 is 0. The molecule has 0 aromatic carbocycles. The van der Waals surface area contributed by atoms with Gasteiger partial charge in [0.15, 0.2) is 0 Å². The second-order valence-electron chi connectivity index (χ2n) is 6.05. The highest BCUT2D eigenvalue weighted by atomic mass is 16.5. The second kappa shape index (κ2) is 5.65. The van der Waals surface area contributed by atoms with Gasteiger partial charge in [-0.1, -0.05) is 0 Å². The quantitative estimate of drug-likeness (QED) is 0.816. The van der Waals surface area contributed by atoms with Crippen LogP contribution in [0.4, 0.5) is 0 Å². The zero-order valence-corrected chi connectivity index (χ0v) is 11.7. The van der Waals surface area contributed by atoms with Crippen LogP contribution in [0.15, 0.2) is 22.8 Å². The van der Waals surface area contributed by atoms with E-state index < -0.39 is 0 Å². The minimum Gasteiger partial charge on any atom is -0.468 e. The van der Waals surface area contributed by atoms with Crippen LogP contribution in [0.25, 0.3) is 0 Å². The molecule has 1 unspecified atom stereocenters. The summed E-state index contributed by atoms with van der Waals surface area (Å²) < 4.78 is 11.2. The van der Waals surface area contributed by atoms with Gasteiger partial charge in [0.2, 0.25) is 0 Å². The van der Waals surface area contributed by atoms with Gasteiger partial charge < -0.3 is 14.5 Å². The highest BCUT2D eigenvalue weighted by molar-refractivity contribution is 5.01. The molecule has 2 heterocycles. The Kier molecular flexibility index (Phi) is 3.91. The van der Waals surface area contributed by atoms with Gasteiger partial charge in [0, 0.05) is 31.2 Å². The molecular weight excluding hydrogens is 240 g/mol. The molecule has 1 aliphatic heterocycles. The van der Waals surface area contributed by atoms with Crippen molar-refractivity contribution in [3.63, 3.8) is 0 Å². The number of hydrogen-bond donors (Lipinski definition) is 1. The Labute approximate surface area is 115 Å². The molecule has 3 rings (SSSR count). The molecule has 1 saturated heterocycles. The molecular formula is C15H24N2O2.